The second-order valence-corrected chi connectivity index (χ2v) is 5.80. The van der Waals surface area contributed by atoms with Crippen molar-refractivity contribution in [1.82, 2.24) is 4.90 Å². The lowest BCUT2D eigenvalue weighted by atomic mass is 10.0. The maximum atomic E-state index is 13.5. The highest BCUT2D eigenvalue weighted by Crippen LogP contribution is 2.34. The highest BCUT2D eigenvalue weighted by molar-refractivity contribution is 5.38. The number of hydrogen-bond acceptors (Lipinski definition) is 3. The van der Waals surface area contributed by atoms with Gasteiger partial charge in [0.05, 0.1) is 17.7 Å². The molecule has 0 unspecified atom stereocenters. The van der Waals surface area contributed by atoms with Crippen molar-refractivity contribution in [3.05, 3.63) is 70.8 Å². The Morgan fingerprint density at radius 1 is 1.13 bits per heavy atom. The van der Waals surface area contributed by atoms with Gasteiger partial charge in [0.2, 0.25) is 0 Å². The van der Waals surface area contributed by atoms with Gasteiger partial charge in [0.15, 0.2) is 0 Å². The summed E-state index contributed by atoms with van der Waals surface area (Å²) in [7, 11) is 0. The van der Waals surface area contributed by atoms with E-state index in [1.54, 1.807) is 12.1 Å². The van der Waals surface area contributed by atoms with E-state index in [4.69, 9.17) is 5.26 Å². The molecule has 1 saturated heterocycles. The fourth-order valence-electron chi connectivity index (χ4n) is 3.11. The van der Waals surface area contributed by atoms with Crippen LogP contribution < -0.4 is 0 Å². The monoisotopic (exact) mass is 314 g/mol. The summed E-state index contributed by atoms with van der Waals surface area (Å²) in [5.41, 5.74) is 1.91. The van der Waals surface area contributed by atoms with Gasteiger partial charge < -0.3 is 5.11 Å². The molecule has 0 bridgehead atoms. The Labute approximate surface area is 133 Å². The Hall–Kier alpha value is -2.29. The number of halogens is 2. The molecular weight excluding hydrogens is 298 g/mol. The van der Waals surface area contributed by atoms with Gasteiger partial charge in [-0.15, -0.1) is 0 Å². The highest BCUT2D eigenvalue weighted by atomic mass is 19.1. The van der Waals surface area contributed by atoms with Gasteiger partial charge >= 0.3 is 0 Å². The number of aliphatic hydroxyl groups is 1. The molecule has 1 aliphatic heterocycles. The van der Waals surface area contributed by atoms with E-state index < -0.39 is 11.9 Å². The van der Waals surface area contributed by atoms with Crippen molar-refractivity contribution in [3.63, 3.8) is 0 Å². The molecule has 0 aliphatic carbocycles. The summed E-state index contributed by atoms with van der Waals surface area (Å²) in [6.07, 6.45) is 0.0344. The van der Waals surface area contributed by atoms with E-state index in [0.717, 1.165) is 5.56 Å². The number of likely N-dealkylation sites (tertiary alicyclic amines) is 1. The van der Waals surface area contributed by atoms with Crippen molar-refractivity contribution >= 4 is 0 Å². The quantitative estimate of drug-likeness (QED) is 0.947. The van der Waals surface area contributed by atoms with Crippen LogP contribution in [-0.2, 0) is 6.54 Å². The van der Waals surface area contributed by atoms with Gasteiger partial charge in [-0.1, -0.05) is 12.1 Å². The minimum atomic E-state index is -0.496. The van der Waals surface area contributed by atoms with Crippen LogP contribution in [0.1, 0.15) is 29.2 Å². The number of benzene rings is 2. The molecule has 23 heavy (non-hydrogen) atoms. The number of hydrogen-bond donors (Lipinski definition) is 1. The minimum Gasteiger partial charge on any atom is -0.392 e. The van der Waals surface area contributed by atoms with Crippen LogP contribution in [0.15, 0.2) is 42.5 Å². The molecule has 118 valence electrons. The Bertz CT molecular complexity index is 740. The fraction of sp³-hybridized carbons (Fsp3) is 0.278. The first-order valence-corrected chi connectivity index (χ1v) is 7.43. The summed E-state index contributed by atoms with van der Waals surface area (Å²) in [6.45, 7) is 0.795. The zero-order chi connectivity index (χ0) is 16.4. The van der Waals surface area contributed by atoms with Crippen LogP contribution in [0, 0.1) is 23.0 Å². The van der Waals surface area contributed by atoms with Crippen LogP contribution in [0.3, 0.4) is 0 Å². The highest BCUT2D eigenvalue weighted by Gasteiger charge is 2.32. The standard InChI is InChI=1S/C18H16F2N2O/c19-15-4-1-12(2-5-15)18-8-17(23)11-22(18)10-14-7-16(20)6-3-13(14)9-21/h1-7,17-18,23H,8,10-11H2/t17-,18-/m1/s1. The molecule has 0 saturated carbocycles. The van der Waals surface area contributed by atoms with Crippen molar-refractivity contribution in [3.8, 4) is 6.07 Å². The molecule has 1 aliphatic rings. The van der Waals surface area contributed by atoms with Crippen molar-refractivity contribution in [2.24, 2.45) is 0 Å². The molecule has 0 aromatic heterocycles. The van der Waals surface area contributed by atoms with Gasteiger partial charge in [0.1, 0.15) is 11.6 Å². The molecule has 2 aromatic carbocycles. The van der Waals surface area contributed by atoms with Crippen molar-refractivity contribution < 1.29 is 13.9 Å². The summed E-state index contributed by atoms with van der Waals surface area (Å²) in [5.74, 6) is -0.701. The fourth-order valence-corrected chi connectivity index (χ4v) is 3.11. The molecule has 1 heterocycles. The second kappa shape index (κ2) is 6.45. The van der Waals surface area contributed by atoms with E-state index in [1.807, 2.05) is 4.90 Å². The van der Waals surface area contributed by atoms with Gasteiger partial charge in [0.25, 0.3) is 0 Å². The Morgan fingerprint density at radius 2 is 1.83 bits per heavy atom. The zero-order valence-corrected chi connectivity index (χ0v) is 12.4. The van der Waals surface area contributed by atoms with Gasteiger partial charge in [-0.2, -0.15) is 5.26 Å². The SMILES string of the molecule is N#Cc1ccc(F)cc1CN1C[C@H](O)C[C@@H]1c1ccc(F)cc1. The normalized spacial score (nSPS) is 21.3. The Morgan fingerprint density at radius 3 is 2.52 bits per heavy atom. The van der Waals surface area contributed by atoms with Crippen molar-refractivity contribution in [1.29, 1.82) is 5.26 Å². The van der Waals surface area contributed by atoms with E-state index in [1.165, 1.54) is 30.3 Å². The summed E-state index contributed by atoms with van der Waals surface area (Å²) in [4.78, 5) is 1.99. The third kappa shape index (κ3) is 3.39. The first-order valence-electron chi connectivity index (χ1n) is 7.43. The number of nitrogens with zero attached hydrogens (tertiary/aromatic N) is 2. The number of aliphatic hydroxyl groups excluding tert-OH is 1. The third-order valence-corrected chi connectivity index (χ3v) is 4.20. The van der Waals surface area contributed by atoms with Crippen LogP contribution in [0.25, 0.3) is 0 Å². The lowest BCUT2D eigenvalue weighted by Crippen LogP contribution is -2.24. The molecular formula is C18H16F2N2O. The van der Waals surface area contributed by atoms with Crippen molar-refractivity contribution in [2.45, 2.75) is 25.1 Å². The van der Waals surface area contributed by atoms with Crippen LogP contribution >= 0.6 is 0 Å². The second-order valence-electron chi connectivity index (χ2n) is 5.80. The van der Waals surface area contributed by atoms with E-state index in [9.17, 15) is 13.9 Å². The van der Waals surface area contributed by atoms with E-state index >= 15 is 0 Å². The molecule has 2 aromatic rings. The Kier molecular flexibility index (Phi) is 4.37. The predicted molar refractivity (Wildman–Crippen MR) is 81.3 cm³/mol. The molecule has 0 spiro atoms. The molecule has 1 N–H and O–H groups in total. The molecule has 5 heteroatoms. The maximum Gasteiger partial charge on any atom is 0.123 e. The summed E-state index contributed by atoms with van der Waals surface area (Å²) in [6, 6.07) is 12.2. The van der Waals surface area contributed by atoms with Gasteiger partial charge in [-0.25, -0.2) is 8.78 Å². The molecule has 0 amide bonds. The Balaban J connectivity index is 1.87. The van der Waals surface area contributed by atoms with Crippen LogP contribution in [-0.4, -0.2) is 22.7 Å². The van der Waals surface area contributed by atoms with E-state index in [-0.39, 0.29) is 11.9 Å². The van der Waals surface area contributed by atoms with Crippen LogP contribution in [0.2, 0.25) is 0 Å². The maximum absolute atomic E-state index is 13.5. The van der Waals surface area contributed by atoms with Crippen molar-refractivity contribution in [2.75, 3.05) is 6.54 Å². The molecule has 0 radical (unpaired) electrons. The summed E-state index contributed by atoms with van der Waals surface area (Å²) >= 11 is 0. The largest absolute Gasteiger partial charge is 0.392 e. The zero-order valence-electron chi connectivity index (χ0n) is 12.4. The van der Waals surface area contributed by atoms with E-state index in [2.05, 4.69) is 6.07 Å². The summed E-state index contributed by atoms with van der Waals surface area (Å²) < 4.78 is 26.6. The lowest BCUT2D eigenvalue weighted by Gasteiger charge is -2.25. The topological polar surface area (TPSA) is 47.3 Å². The number of nitriles is 1. The molecule has 2 atom stereocenters. The molecule has 1 fully saturated rings. The number of β-amino-alcohol motifs (C(OH)–C–C–N with tert-alkyl or cyclic N) is 1. The van der Waals surface area contributed by atoms with Gasteiger partial charge in [0, 0.05) is 19.1 Å². The van der Waals surface area contributed by atoms with Crippen LogP contribution in [0.4, 0.5) is 8.78 Å². The molecule has 3 nitrogen and oxygen atoms in total. The van der Waals surface area contributed by atoms with Gasteiger partial charge in [-0.3, -0.25) is 4.90 Å². The van der Waals surface area contributed by atoms with Crippen LogP contribution in [0.5, 0.6) is 0 Å². The predicted octanol–water partition coefficient (Wildman–Crippen LogP) is 3.14. The average Bonchev–Trinajstić information content (AvgIpc) is 2.89. The van der Waals surface area contributed by atoms with E-state index in [0.29, 0.717) is 30.6 Å². The lowest BCUT2D eigenvalue weighted by molar-refractivity contribution is 0.172. The van der Waals surface area contributed by atoms with Gasteiger partial charge in [-0.05, 0) is 47.9 Å². The average molecular weight is 314 g/mol. The first kappa shape index (κ1) is 15.6. The first-order chi connectivity index (χ1) is 11.1. The summed E-state index contributed by atoms with van der Waals surface area (Å²) in [5, 5.41) is 19.2. The smallest absolute Gasteiger partial charge is 0.123 e. The number of rotatable bonds is 3. The minimum absolute atomic E-state index is 0.0830. The molecule has 3 rings (SSSR count). The third-order valence-electron chi connectivity index (χ3n) is 4.20.